The SMILES string of the molecule is O=C(O)COc1ccccc1[C@@H]1CC(=O)Oc2c(O)c(O)c3c(=O)cc(-c4ccccc4)oc3c21. The number of phenols is 2. The summed E-state index contributed by atoms with van der Waals surface area (Å²) in [5, 5.41) is 30.0. The molecule has 1 aromatic heterocycles. The van der Waals surface area contributed by atoms with Gasteiger partial charge in [-0.3, -0.25) is 9.59 Å². The number of phenolic OH excluding ortho intramolecular Hbond substituents is 2. The van der Waals surface area contributed by atoms with Crippen LogP contribution >= 0.6 is 0 Å². The van der Waals surface area contributed by atoms with Gasteiger partial charge in [0.1, 0.15) is 22.5 Å². The summed E-state index contributed by atoms with van der Waals surface area (Å²) in [5.74, 6) is -4.19. The quantitative estimate of drug-likeness (QED) is 0.224. The third kappa shape index (κ3) is 3.82. The molecule has 0 spiro atoms. The van der Waals surface area contributed by atoms with Gasteiger partial charge < -0.3 is 29.2 Å². The number of carbonyl (C=O) groups is 2. The lowest BCUT2D eigenvalue weighted by Gasteiger charge is -2.27. The summed E-state index contributed by atoms with van der Waals surface area (Å²) in [6.45, 7) is -0.615. The van der Waals surface area contributed by atoms with Gasteiger partial charge in [-0.05, 0) is 6.07 Å². The van der Waals surface area contributed by atoms with Crippen molar-refractivity contribution in [3.63, 3.8) is 0 Å². The average molecular weight is 474 g/mol. The second-order valence-electron chi connectivity index (χ2n) is 7.94. The molecule has 0 fully saturated rings. The summed E-state index contributed by atoms with van der Waals surface area (Å²) >= 11 is 0. The first-order chi connectivity index (χ1) is 16.8. The lowest BCUT2D eigenvalue weighted by atomic mass is 9.84. The lowest BCUT2D eigenvalue weighted by molar-refractivity contribution is -0.139. The number of esters is 1. The molecule has 1 atom stereocenters. The molecular weight excluding hydrogens is 456 g/mol. The van der Waals surface area contributed by atoms with E-state index in [1.165, 1.54) is 6.07 Å². The molecule has 9 heteroatoms. The highest BCUT2D eigenvalue weighted by atomic mass is 16.5. The van der Waals surface area contributed by atoms with E-state index in [9.17, 15) is 24.6 Å². The van der Waals surface area contributed by atoms with Crippen LogP contribution in [0.3, 0.4) is 0 Å². The van der Waals surface area contributed by atoms with Crippen molar-refractivity contribution in [1.29, 1.82) is 0 Å². The molecule has 0 saturated carbocycles. The van der Waals surface area contributed by atoms with Gasteiger partial charge in [-0.15, -0.1) is 0 Å². The van der Waals surface area contributed by atoms with Gasteiger partial charge in [0, 0.05) is 23.1 Å². The number of fused-ring (bicyclic) bond motifs is 3. The molecule has 9 nitrogen and oxygen atoms in total. The molecule has 176 valence electrons. The van der Waals surface area contributed by atoms with E-state index in [1.807, 2.05) is 0 Å². The predicted molar refractivity (Wildman–Crippen MR) is 123 cm³/mol. The van der Waals surface area contributed by atoms with Crippen LogP contribution in [0, 0.1) is 0 Å². The zero-order valence-electron chi connectivity index (χ0n) is 18.1. The van der Waals surface area contributed by atoms with Crippen LogP contribution in [-0.2, 0) is 9.59 Å². The number of aliphatic carboxylic acids is 1. The van der Waals surface area contributed by atoms with Gasteiger partial charge in [-0.1, -0.05) is 48.5 Å². The number of para-hydroxylation sites is 1. The highest BCUT2D eigenvalue weighted by Crippen LogP contribution is 2.53. The fourth-order valence-corrected chi connectivity index (χ4v) is 4.26. The first-order valence-corrected chi connectivity index (χ1v) is 10.6. The van der Waals surface area contributed by atoms with Crippen LogP contribution in [0.4, 0.5) is 0 Å². The molecule has 1 aliphatic rings. The molecule has 3 N–H and O–H groups in total. The molecule has 35 heavy (non-hydrogen) atoms. The number of hydrogen-bond acceptors (Lipinski definition) is 8. The minimum absolute atomic E-state index is 0.0628. The highest BCUT2D eigenvalue weighted by Gasteiger charge is 2.37. The first-order valence-electron chi connectivity index (χ1n) is 10.6. The largest absolute Gasteiger partial charge is 0.504 e. The number of aromatic hydroxyl groups is 2. The van der Waals surface area contributed by atoms with Gasteiger partial charge in [-0.2, -0.15) is 0 Å². The Labute approximate surface area is 197 Å². The number of benzene rings is 3. The van der Waals surface area contributed by atoms with Crippen LogP contribution in [0.1, 0.15) is 23.5 Å². The highest BCUT2D eigenvalue weighted by molar-refractivity contribution is 5.96. The minimum Gasteiger partial charge on any atom is -0.504 e. The molecule has 0 radical (unpaired) electrons. The summed E-state index contributed by atoms with van der Waals surface area (Å²) in [6.07, 6.45) is -0.209. The lowest BCUT2D eigenvalue weighted by Crippen LogP contribution is -2.23. The van der Waals surface area contributed by atoms with E-state index >= 15 is 0 Å². The van der Waals surface area contributed by atoms with E-state index in [2.05, 4.69) is 0 Å². The normalized spacial score (nSPS) is 14.9. The topological polar surface area (TPSA) is 144 Å². The number of carboxylic acid groups (broad SMARTS) is 1. The smallest absolute Gasteiger partial charge is 0.341 e. The van der Waals surface area contributed by atoms with Crippen LogP contribution in [0.15, 0.2) is 69.9 Å². The standard InChI is InChI=1S/C26H18O9/c27-16-11-18(13-6-2-1-3-7-13)34-25-21-15(14-8-4-5-9-17(14)33-12-19(28)29)10-20(30)35-26(21)24(32)23(31)22(16)25/h1-9,11,15,31-32H,10,12H2,(H,28,29)/t15-/m0/s1. The zero-order valence-corrected chi connectivity index (χ0v) is 18.1. The van der Waals surface area contributed by atoms with Crippen molar-refractivity contribution in [3.8, 4) is 34.3 Å². The summed E-state index contributed by atoms with van der Waals surface area (Å²) in [7, 11) is 0. The van der Waals surface area contributed by atoms with Crippen LogP contribution in [0.2, 0.25) is 0 Å². The Hall–Kier alpha value is -4.79. The van der Waals surface area contributed by atoms with Gasteiger partial charge in [0.15, 0.2) is 23.5 Å². The van der Waals surface area contributed by atoms with Gasteiger partial charge >= 0.3 is 11.9 Å². The Morgan fingerprint density at radius 2 is 1.71 bits per heavy atom. The number of rotatable bonds is 5. The summed E-state index contributed by atoms with van der Waals surface area (Å²) < 4.78 is 16.8. The maximum Gasteiger partial charge on any atom is 0.341 e. The Morgan fingerprint density at radius 1 is 1.00 bits per heavy atom. The van der Waals surface area contributed by atoms with E-state index in [0.29, 0.717) is 11.1 Å². The van der Waals surface area contributed by atoms with E-state index < -0.39 is 41.4 Å². The van der Waals surface area contributed by atoms with Crippen molar-refractivity contribution < 1.29 is 38.8 Å². The van der Waals surface area contributed by atoms with E-state index in [4.69, 9.17) is 19.0 Å². The maximum absolute atomic E-state index is 13.1. The molecule has 3 aromatic carbocycles. The van der Waals surface area contributed by atoms with Crippen LogP contribution in [-0.4, -0.2) is 33.9 Å². The molecule has 1 aliphatic heterocycles. The van der Waals surface area contributed by atoms with Crippen molar-refractivity contribution in [2.24, 2.45) is 0 Å². The second kappa shape index (κ2) is 8.53. The summed E-state index contributed by atoms with van der Waals surface area (Å²) in [5.41, 5.74) is 0.517. The monoisotopic (exact) mass is 474 g/mol. The van der Waals surface area contributed by atoms with Crippen LogP contribution < -0.4 is 14.9 Å². The van der Waals surface area contributed by atoms with Crippen molar-refractivity contribution in [2.45, 2.75) is 12.3 Å². The number of hydrogen-bond donors (Lipinski definition) is 3. The second-order valence-corrected chi connectivity index (χ2v) is 7.94. The van der Waals surface area contributed by atoms with Crippen molar-refractivity contribution in [1.82, 2.24) is 0 Å². The molecule has 0 bridgehead atoms. The number of carboxylic acids is 1. The third-order valence-electron chi connectivity index (χ3n) is 5.75. The zero-order chi connectivity index (χ0) is 24.7. The predicted octanol–water partition coefficient (Wildman–Crippen LogP) is 3.78. The molecule has 0 aliphatic carbocycles. The van der Waals surface area contributed by atoms with Gasteiger partial charge in [0.05, 0.1) is 12.0 Å². The fraction of sp³-hybridized carbons (Fsp3) is 0.115. The summed E-state index contributed by atoms with van der Waals surface area (Å²) in [6, 6.07) is 16.5. The van der Waals surface area contributed by atoms with Crippen LogP contribution in [0.5, 0.6) is 23.0 Å². The minimum atomic E-state index is -1.19. The van der Waals surface area contributed by atoms with Crippen molar-refractivity contribution in [2.75, 3.05) is 6.61 Å². The molecule has 4 aromatic rings. The first kappa shape index (κ1) is 22.0. The maximum atomic E-state index is 13.1. The van der Waals surface area contributed by atoms with E-state index in [1.54, 1.807) is 54.6 Å². The Bertz CT molecular complexity index is 1540. The molecule has 2 heterocycles. The third-order valence-corrected chi connectivity index (χ3v) is 5.75. The van der Waals surface area contributed by atoms with E-state index in [-0.39, 0.29) is 40.2 Å². The number of ether oxygens (including phenoxy) is 2. The summed E-state index contributed by atoms with van der Waals surface area (Å²) in [4.78, 5) is 36.6. The van der Waals surface area contributed by atoms with Gasteiger partial charge in [0.2, 0.25) is 5.75 Å². The van der Waals surface area contributed by atoms with Crippen molar-refractivity contribution >= 4 is 22.9 Å². The van der Waals surface area contributed by atoms with E-state index in [0.717, 1.165) is 0 Å². The average Bonchev–Trinajstić information content (AvgIpc) is 2.85. The molecule has 0 unspecified atom stereocenters. The molecule has 0 saturated heterocycles. The number of carbonyl (C=O) groups excluding carboxylic acids is 1. The molecular formula is C26H18O9. The molecule has 0 amide bonds. The fourth-order valence-electron chi connectivity index (χ4n) is 4.26. The van der Waals surface area contributed by atoms with Crippen molar-refractivity contribution in [3.05, 3.63) is 82.0 Å². The Morgan fingerprint density at radius 3 is 2.46 bits per heavy atom. The van der Waals surface area contributed by atoms with Crippen LogP contribution in [0.25, 0.3) is 22.3 Å². The van der Waals surface area contributed by atoms with Gasteiger partial charge in [0.25, 0.3) is 0 Å². The Kier molecular flexibility index (Phi) is 5.37. The Balaban J connectivity index is 1.81. The molecule has 5 rings (SSSR count). The van der Waals surface area contributed by atoms with Gasteiger partial charge in [-0.25, -0.2) is 4.79 Å².